The molecule has 28 heavy (non-hydrogen) atoms. The number of hydrogen-bond acceptors (Lipinski definition) is 4. The van der Waals surface area contributed by atoms with Crippen LogP contribution < -0.4 is 0 Å². The maximum Gasteiger partial charge on any atom is 0.409 e. The van der Waals surface area contributed by atoms with Gasteiger partial charge in [-0.15, -0.1) is 0 Å². The zero-order valence-corrected chi connectivity index (χ0v) is 16.0. The topological polar surface area (TPSA) is 53.0 Å². The predicted molar refractivity (Wildman–Crippen MR) is 107 cm³/mol. The Hall–Kier alpha value is -2.37. The molecular formula is C23H26N2O3. The van der Waals surface area contributed by atoms with Gasteiger partial charge in [-0.25, -0.2) is 4.79 Å². The Morgan fingerprint density at radius 1 is 0.964 bits per heavy atom. The molecular weight excluding hydrogens is 352 g/mol. The summed E-state index contributed by atoms with van der Waals surface area (Å²) < 4.78 is 5.77. The molecule has 0 spiro atoms. The summed E-state index contributed by atoms with van der Waals surface area (Å²) in [5.74, 6) is 0.108. The van der Waals surface area contributed by atoms with Crippen molar-refractivity contribution >= 4 is 6.09 Å². The van der Waals surface area contributed by atoms with Gasteiger partial charge in [0.2, 0.25) is 0 Å². The van der Waals surface area contributed by atoms with Crippen LogP contribution in [0.1, 0.15) is 29.9 Å². The van der Waals surface area contributed by atoms with Crippen molar-refractivity contribution in [1.82, 2.24) is 9.80 Å². The predicted octanol–water partition coefficient (Wildman–Crippen LogP) is 3.08. The molecule has 2 saturated heterocycles. The molecule has 0 unspecified atom stereocenters. The fourth-order valence-corrected chi connectivity index (χ4v) is 4.88. The van der Waals surface area contributed by atoms with E-state index in [-0.39, 0.29) is 18.1 Å². The third kappa shape index (κ3) is 3.09. The van der Waals surface area contributed by atoms with Crippen LogP contribution >= 0.6 is 0 Å². The van der Waals surface area contributed by atoms with E-state index < -0.39 is 0 Å². The highest BCUT2D eigenvalue weighted by Gasteiger charge is 2.35. The number of rotatable bonds is 3. The molecule has 2 aromatic carbocycles. The lowest BCUT2D eigenvalue weighted by atomic mass is 9.98. The molecule has 2 aromatic rings. The van der Waals surface area contributed by atoms with Crippen molar-refractivity contribution in [2.24, 2.45) is 0 Å². The number of carbonyl (C=O) groups is 1. The highest BCUT2D eigenvalue weighted by atomic mass is 16.6. The highest BCUT2D eigenvalue weighted by Crippen LogP contribution is 2.44. The summed E-state index contributed by atoms with van der Waals surface area (Å²) in [5.41, 5.74) is 4.98. The van der Waals surface area contributed by atoms with E-state index in [4.69, 9.17) is 4.74 Å². The molecule has 1 N–H and O–H groups in total. The first-order valence-electron chi connectivity index (χ1n) is 10.2. The van der Waals surface area contributed by atoms with Crippen molar-refractivity contribution in [3.8, 4) is 11.1 Å². The number of benzene rings is 2. The second-order valence-corrected chi connectivity index (χ2v) is 8.13. The van der Waals surface area contributed by atoms with Gasteiger partial charge in [0.05, 0.1) is 6.10 Å². The van der Waals surface area contributed by atoms with Crippen molar-refractivity contribution in [3.63, 3.8) is 0 Å². The molecule has 1 aliphatic carbocycles. The molecule has 0 bridgehead atoms. The average Bonchev–Trinajstić information content (AvgIpc) is 3.04. The molecule has 0 atom stereocenters. The third-order valence-electron chi connectivity index (χ3n) is 6.47. The Balaban J connectivity index is 1.21. The van der Waals surface area contributed by atoms with E-state index in [1.54, 1.807) is 0 Å². The molecule has 2 heterocycles. The number of aliphatic hydroxyl groups excluding tert-OH is 1. The van der Waals surface area contributed by atoms with Crippen LogP contribution in [0.2, 0.25) is 0 Å². The van der Waals surface area contributed by atoms with Crippen molar-refractivity contribution in [3.05, 3.63) is 59.7 Å². The molecule has 0 radical (unpaired) electrons. The van der Waals surface area contributed by atoms with Crippen LogP contribution in [0.15, 0.2) is 48.5 Å². The first-order chi connectivity index (χ1) is 13.7. The smallest absolute Gasteiger partial charge is 0.409 e. The number of aliphatic hydroxyl groups is 1. The van der Waals surface area contributed by atoms with Crippen LogP contribution in [-0.2, 0) is 4.74 Å². The molecule has 146 valence electrons. The van der Waals surface area contributed by atoms with Crippen LogP contribution in [0.3, 0.4) is 0 Å². The van der Waals surface area contributed by atoms with E-state index in [1.807, 2.05) is 4.90 Å². The summed E-state index contributed by atoms with van der Waals surface area (Å²) in [4.78, 5) is 16.8. The first-order valence-corrected chi connectivity index (χ1v) is 10.2. The fourth-order valence-electron chi connectivity index (χ4n) is 4.88. The van der Waals surface area contributed by atoms with Gasteiger partial charge < -0.3 is 14.7 Å². The number of β-amino-alcohol motifs (C(OH)–C–C–N with tert-alkyl or cyclic N) is 1. The summed E-state index contributed by atoms with van der Waals surface area (Å²) in [6.07, 6.45) is 1.54. The summed E-state index contributed by atoms with van der Waals surface area (Å²) in [6.45, 7) is 3.39. The molecule has 5 nitrogen and oxygen atoms in total. The summed E-state index contributed by atoms with van der Waals surface area (Å²) in [6, 6.07) is 17.3. The van der Waals surface area contributed by atoms with Crippen LogP contribution in [0.5, 0.6) is 0 Å². The zero-order chi connectivity index (χ0) is 19.1. The number of hydrogen-bond donors (Lipinski definition) is 1. The monoisotopic (exact) mass is 378 g/mol. The fraction of sp³-hybridized carbons (Fsp3) is 0.435. The molecule has 3 aliphatic rings. The van der Waals surface area contributed by atoms with E-state index in [9.17, 15) is 9.90 Å². The van der Waals surface area contributed by atoms with Gasteiger partial charge in [-0.1, -0.05) is 48.5 Å². The van der Waals surface area contributed by atoms with Gasteiger partial charge in [0.15, 0.2) is 0 Å². The Bertz CT molecular complexity index is 824. The van der Waals surface area contributed by atoms with Crippen LogP contribution in [0.4, 0.5) is 4.79 Å². The third-order valence-corrected chi connectivity index (χ3v) is 6.47. The standard InChI is InChI=1S/C23H26N2O3/c26-17-13-25(14-17)16-9-11-24(12-10-16)23(27)28-15-22-20-7-3-1-5-18(20)19-6-2-4-8-21(19)22/h1-8,16-17,22,26H,9-15H2. The number of ether oxygens (including phenoxy) is 1. The lowest BCUT2D eigenvalue weighted by Crippen LogP contribution is -2.58. The maximum absolute atomic E-state index is 12.6. The summed E-state index contributed by atoms with van der Waals surface area (Å²) in [7, 11) is 0. The minimum absolute atomic E-state index is 0.108. The molecule has 1 amide bonds. The minimum atomic E-state index is -0.205. The van der Waals surface area contributed by atoms with Gasteiger partial charge >= 0.3 is 6.09 Å². The molecule has 2 aliphatic heterocycles. The number of fused-ring (bicyclic) bond motifs is 3. The summed E-state index contributed by atoms with van der Waals surface area (Å²) >= 11 is 0. The Kier molecular flexibility index (Phi) is 4.57. The van der Waals surface area contributed by atoms with Gasteiger partial charge in [-0.3, -0.25) is 4.90 Å². The van der Waals surface area contributed by atoms with Gasteiger partial charge in [0.25, 0.3) is 0 Å². The largest absolute Gasteiger partial charge is 0.448 e. The van der Waals surface area contributed by atoms with Crippen LogP contribution in [0.25, 0.3) is 11.1 Å². The summed E-state index contributed by atoms with van der Waals surface area (Å²) in [5, 5.41) is 9.48. The SMILES string of the molecule is O=C(OCC1c2ccccc2-c2ccccc21)N1CCC(N2CC(O)C2)CC1. The van der Waals surface area contributed by atoms with Crippen LogP contribution in [0, 0.1) is 0 Å². The Morgan fingerprint density at radius 2 is 1.54 bits per heavy atom. The van der Waals surface area contributed by atoms with E-state index in [0.717, 1.165) is 39.0 Å². The average molecular weight is 378 g/mol. The molecule has 5 heteroatoms. The van der Waals surface area contributed by atoms with E-state index in [0.29, 0.717) is 12.6 Å². The maximum atomic E-state index is 12.6. The molecule has 0 saturated carbocycles. The minimum Gasteiger partial charge on any atom is -0.448 e. The quantitative estimate of drug-likeness (QED) is 0.892. The first kappa shape index (κ1) is 17.7. The molecule has 0 aromatic heterocycles. The van der Waals surface area contributed by atoms with E-state index in [2.05, 4.69) is 53.4 Å². The number of nitrogens with zero attached hydrogens (tertiary/aromatic N) is 2. The zero-order valence-electron chi connectivity index (χ0n) is 16.0. The van der Waals surface area contributed by atoms with E-state index >= 15 is 0 Å². The lowest BCUT2D eigenvalue weighted by Gasteiger charge is -2.45. The Labute approximate surface area is 165 Å². The van der Waals surface area contributed by atoms with Crippen LogP contribution in [-0.4, -0.2) is 65.9 Å². The van der Waals surface area contributed by atoms with E-state index in [1.165, 1.54) is 22.3 Å². The lowest BCUT2D eigenvalue weighted by molar-refractivity contribution is -0.0392. The van der Waals surface area contributed by atoms with Gasteiger partial charge in [0.1, 0.15) is 6.61 Å². The van der Waals surface area contributed by atoms with Gasteiger partial charge in [0, 0.05) is 38.1 Å². The van der Waals surface area contributed by atoms with Gasteiger partial charge in [-0.05, 0) is 35.1 Å². The van der Waals surface area contributed by atoms with Gasteiger partial charge in [-0.2, -0.15) is 0 Å². The van der Waals surface area contributed by atoms with Crippen molar-refractivity contribution in [2.75, 3.05) is 32.8 Å². The number of likely N-dealkylation sites (tertiary alicyclic amines) is 2. The Morgan fingerprint density at radius 3 is 2.11 bits per heavy atom. The van der Waals surface area contributed by atoms with Crippen molar-refractivity contribution in [2.45, 2.75) is 30.9 Å². The van der Waals surface area contributed by atoms with Crippen molar-refractivity contribution in [1.29, 1.82) is 0 Å². The second kappa shape index (κ2) is 7.22. The molecule has 5 rings (SSSR count). The van der Waals surface area contributed by atoms with Crippen molar-refractivity contribution < 1.29 is 14.6 Å². The normalized spacial score (nSPS) is 20.5. The second-order valence-electron chi connectivity index (χ2n) is 8.13. The highest BCUT2D eigenvalue weighted by molar-refractivity contribution is 5.79. The number of piperidine rings is 1. The number of amides is 1. The number of carbonyl (C=O) groups excluding carboxylic acids is 1. The molecule has 2 fully saturated rings.